The molecule has 0 radical (unpaired) electrons. The first-order chi connectivity index (χ1) is 9.08. The van der Waals surface area contributed by atoms with Gasteiger partial charge in [-0.05, 0) is 51.9 Å². The highest BCUT2D eigenvalue weighted by Crippen LogP contribution is 2.23. The number of anilines is 1. The summed E-state index contributed by atoms with van der Waals surface area (Å²) in [6, 6.07) is 5.95. The fourth-order valence-electron chi connectivity index (χ4n) is 2.74. The van der Waals surface area contributed by atoms with E-state index in [1.54, 1.807) is 0 Å². The van der Waals surface area contributed by atoms with Gasteiger partial charge in [-0.15, -0.1) is 0 Å². The number of aryl methyl sites for hydroxylation is 1. The maximum Gasteiger partial charge on any atom is 0.130 e. The van der Waals surface area contributed by atoms with Crippen molar-refractivity contribution >= 4 is 5.82 Å². The summed E-state index contributed by atoms with van der Waals surface area (Å²) < 4.78 is 0. The van der Waals surface area contributed by atoms with Crippen LogP contribution >= 0.6 is 0 Å². The van der Waals surface area contributed by atoms with Crippen molar-refractivity contribution in [3.05, 3.63) is 23.4 Å². The molecule has 0 atom stereocenters. The van der Waals surface area contributed by atoms with E-state index in [0.29, 0.717) is 5.56 Å². The predicted molar refractivity (Wildman–Crippen MR) is 77.2 cm³/mol. The third-order valence-corrected chi connectivity index (χ3v) is 3.63. The van der Waals surface area contributed by atoms with Gasteiger partial charge in [-0.2, -0.15) is 5.26 Å². The van der Waals surface area contributed by atoms with Gasteiger partial charge in [-0.1, -0.05) is 0 Å². The Balaban J connectivity index is 2.02. The molecule has 0 N–H and O–H groups in total. The topological polar surface area (TPSA) is 43.2 Å². The third kappa shape index (κ3) is 3.68. The number of nitrogens with zero attached hydrogens (tertiary/aromatic N) is 4. The van der Waals surface area contributed by atoms with Crippen molar-refractivity contribution in [2.75, 3.05) is 38.6 Å². The largest absolute Gasteiger partial charge is 0.357 e. The second-order valence-corrected chi connectivity index (χ2v) is 5.66. The fraction of sp³-hybridized carbons (Fsp3) is 0.600. The second kappa shape index (κ2) is 6.03. The first-order valence-corrected chi connectivity index (χ1v) is 6.87. The maximum atomic E-state index is 9.02. The van der Waals surface area contributed by atoms with Gasteiger partial charge >= 0.3 is 0 Å². The molecule has 0 amide bonds. The van der Waals surface area contributed by atoms with E-state index < -0.39 is 0 Å². The molecule has 19 heavy (non-hydrogen) atoms. The van der Waals surface area contributed by atoms with Crippen LogP contribution in [-0.2, 0) is 0 Å². The molecule has 1 aromatic rings. The van der Waals surface area contributed by atoms with Crippen LogP contribution in [-0.4, -0.2) is 43.6 Å². The van der Waals surface area contributed by atoms with E-state index in [9.17, 15) is 0 Å². The van der Waals surface area contributed by atoms with Crippen LogP contribution in [0.15, 0.2) is 12.1 Å². The number of piperidine rings is 1. The Morgan fingerprint density at radius 1 is 1.37 bits per heavy atom. The van der Waals surface area contributed by atoms with Gasteiger partial charge in [0, 0.05) is 25.3 Å². The van der Waals surface area contributed by atoms with Crippen LogP contribution in [0.1, 0.15) is 24.1 Å². The van der Waals surface area contributed by atoms with Crippen molar-refractivity contribution < 1.29 is 0 Å². The molecule has 102 valence electrons. The molecule has 1 saturated heterocycles. The van der Waals surface area contributed by atoms with Crippen molar-refractivity contribution in [3.63, 3.8) is 0 Å². The molecule has 4 heteroatoms. The van der Waals surface area contributed by atoms with Crippen LogP contribution < -0.4 is 4.90 Å². The normalized spacial score (nSPS) is 16.7. The highest BCUT2D eigenvalue weighted by molar-refractivity contribution is 5.46. The molecular weight excluding hydrogens is 236 g/mol. The van der Waals surface area contributed by atoms with Crippen LogP contribution in [0, 0.1) is 24.2 Å². The lowest BCUT2D eigenvalue weighted by Gasteiger charge is -2.34. The smallest absolute Gasteiger partial charge is 0.130 e. The first kappa shape index (κ1) is 13.8. The van der Waals surface area contributed by atoms with Crippen molar-refractivity contribution in [2.45, 2.75) is 19.8 Å². The minimum absolute atomic E-state index is 0.706. The summed E-state index contributed by atoms with van der Waals surface area (Å²) in [5.74, 6) is 1.74. The molecule has 1 aliphatic rings. The van der Waals surface area contributed by atoms with Crippen molar-refractivity contribution in [3.8, 4) is 6.07 Å². The summed E-state index contributed by atoms with van der Waals surface area (Å²) in [5, 5.41) is 9.02. The van der Waals surface area contributed by atoms with E-state index in [-0.39, 0.29) is 0 Å². The monoisotopic (exact) mass is 258 g/mol. The molecule has 1 aliphatic heterocycles. The Kier molecular flexibility index (Phi) is 4.39. The zero-order chi connectivity index (χ0) is 13.8. The predicted octanol–water partition coefficient (Wildman–Crippen LogP) is 2.04. The minimum Gasteiger partial charge on any atom is -0.357 e. The number of hydrogen-bond donors (Lipinski definition) is 0. The van der Waals surface area contributed by atoms with Crippen LogP contribution in [0.25, 0.3) is 0 Å². The van der Waals surface area contributed by atoms with Gasteiger partial charge < -0.3 is 9.80 Å². The lowest BCUT2D eigenvalue weighted by atomic mass is 9.96. The zero-order valence-corrected chi connectivity index (χ0v) is 12.1. The van der Waals surface area contributed by atoms with E-state index in [1.165, 1.54) is 19.4 Å². The number of nitriles is 1. The Labute approximate surface area is 115 Å². The summed E-state index contributed by atoms with van der Waals surface area (Å²) in [4.78, 5) is 9.12. The summed E-state index contributed by atoms with van der Waals surface area (Å²) in [7, 11) is 4.27. The van der Waals surface area contributed by atoms with Gasteiger partial charge in [0.15, 0.2) is 0 Å². The summed E-state index contributed by atoms with van der Waals surface area (Å²) in [6.07, 6.45) is 2.41. The van der Waals surface area contributed by atoms with Gasteiger partial charge in [0.1, 0.15) is 5.82 Å². The van der Waals surface area contributed by atoms with Crippen LogP contribution in [0.5, 0.6) is 0 Å². The molecule has 4 nitrogen and oxygen atoms in total. The number of aromatic nitrogens is 1. The maximum absolute atomic E-state index is 9.02. The van der Waals surface area contributed by atoms with Crippen molar-refractivity contribution in [1.29, 1.82) is 5.26 Å². The van der Waals surface area contributed by atoms with Gasteiger partial charge in [-0.3, -0.25) is 0 Å². The molecule has 0 unspecified atom stereocenters. The number of pyridine rings is 1. The molecule has 1 fully saturated rings. The summed E-state index contributed by atoms with van der Waals surface area (Å²) in [6.45, 7) is 5.20. The molecule has 1 aromatic heterocycles. The first-order valence-electron chi connectivity index (χ1n) is 6.87. The van der Waals surface area contributed by atoms with E-state index in [0.717, 1.165) is 30.5 Å². The van der Waals surface area contributed by atoms with Crippen molar-refractivity contribution in [1.82, 2.24) is 9.88 Å². The van der Waals surface area contributed by atoms with Crippen LogP contribution in [0.3, 0.4) is 0 Å². The third-order valence-electron chi connectivity index (χ3n) is 3.63. The number of hydrogen-bond acceptors (Lipinski definition) is 4. The molecule has 0 saturated carbocycles. The van der Waals surface area contributed by atoms with E-state index in [4.69, 9.17) is 5.26 Å². The Bertz CT molecular complexity index is 468. The zero-order valence-electron chi connectivity index (χ0n) is 12.1. The molecule has 0 bridgehead atoms. The van der Waals surface area contributed by atoms with Crippen LogP contribution in [0.2, 0.25) is 0 Å². The molecule has 2 heterocycles. The Morgan fingerprint density at radius 2 is 2.05 bits per heavy atom. The minimum atomic E-state index is 0.706. The Hall–Kier alpha value is -1.60. The SMILES string of the molecule is Cc1cc(C#N)cc(N2CCC(CN(C)C)CC2)n1. The van der Waals surface area contributed by atoms with E-state index >= 15 is 0 Å². The molecular formula is C15H22N4. The number of rotatable bonds is 3. The summed E-state index contributed by atoms with van der Waals surface area (Å²) >= 11 is 0. The highest BCUT2D eigenvalue weighted by Gasteiger charge is 2.20. The average Bonchev–Trinajstić information content (AvgIpc) is 2.38. The Morgan fingerprint density at radius 3 is 2.63 bits per heavy atom. The van der Waals surface area contributed by atoms with E-state index in [1.807, 2.05) is 19.1 Å². The lowest BCUT2D eigenvalue weighted by Crippen LogP contribution is -2.37. The van der Waals surface area contributed by atoms with Gasteiger partial charge in [0.25, 0.3) is 0 Å². The fourth-order valence-corrected chi connectivity index (χ4v) is 2.74. The van der Waals surface area contributed by atoms with Gasteiger partial charge in [0.2, 0.25) is 0 Å². The average molecular weight is 258 g/mol. The van der Waals surface area contributed by atoms with Gasteiger partial charge in [-0.25, -0.2) is 4.98 Å². The van der Waals surface area contributed by atoms with Crippen LogP contribution in [0.4, 0.5) is 5.82 Å². The highest BCUT2D eigenvalue weighted by atomic mass is 15.2. The quantitative estimate of drug-likeness (QED) is 0.832. The lowest BCUT2D eigenvalue weighted by molar-refractivity contribution is 0.284. The van der Waals surface area contributed by atoms with Gasteiger partial charge in [0.05, 0.1) is 11.6 Å². The molecule has 2 rings (SSSR count). The summed E-state index contributed by atoms with van der Waals surface area (Å²) in [5.41, 5.74) is 1.63. The van der Waals surface area contributed by atoms with E-state index in [2.05, 4.69) is 34.9 Å². The van der Waals surface area contributed by atoms with Crippen molar-refractivity contribution in [2.24, 2.45) is 5.92 Å². The molecule has 0 spiro atoms. The second-order valence-electron chi connectivity index (χ2n) is 5.66. The standard InChI is InChI=1S/C15H22N4/c1-12-8-14(10-16)9-15(17-12)19-6-4-13(5-7-19)11-18(2)3/h8-9,13H,4-7,11H2,1-3H3. The molecule has 0 aliphatic carbocycles. The molecule has 0 aromatic carbocycles.